The van der Waals surface area contributed by atoms with E-state index < -0.39 is 41.8 Å². The van der Waals surface area contributed by atoms with Crippen LogP contribution >= 0.6 is 0 Å². The van der Waals surface area contributed by atoms with Crippen LogP contribution in [0.3, 0.4) is 0 Å². The molecular weight excluding hydrogens is 406 g/mol. The van der Waals surface area contributed by atoms with Gasteiger partial charge in [0.25, 0.3) is 0 Å². The number of esters is 2. The second kappa shape index (κ2) is 13.9. The second-order valence-corrected chi connectivity index (χ2v) is 6.58. The minimum absolute atomic E-state index is 0.112. The number of nitrogens with one attached hydrogen (secondary N) is 1. The number of ether oxygens (including phenoxy) is 3. The van der Waals surface area contributed by atoms with Crippen LogP contribution < -0.4 is 10.1 Å². The minimum Gasteiger partial charge on any atom is -0.497 e. The fourth-order valence-corrected chi connectivity index (χ4v) is 2.74. The molecule has 0 aliphatic carbocycles. The van der Waals surface area contributed by atoms with E-state index in [-0.39, 0.29) is 38.9 Å². The number of methoxy groups -OCH3 is 1. The predicted molar refractivity (Wildman–Crippen MR) is 111 cm³/mol. The molecule has 0 spiro atoms. The monoisotopic (exact) mass is 435 g/mol. The Bertz CT molecular complexity index is 772. The first kappa shape index (κ1) is 25.8. The highest BCUT2D eigenvalue weighted by atomic mass is 16.5. The zero-order valence-electron chi connectivity index (χ0n) is 18.1. The molecule has 0 saturated heterocycles. The summed E-state index contributed by atoms with van der Waals surface area (Å²) in [7, 11) is 1.53. The average molecular weight is 435 g/mol. The summed E-state index contributed by atoms with van der Waals surface area (Å²) in [5.41, 5.74) is 0.534. The second-order valence-electron chi connectivity index (χ2n) is 6.58. The topological polar surface area (TPSA) is 125 Å². The summed E-state index contributed by atoms with van der Waals surface area (Å²) in [5, 5.41) is 2.65. The fourth-order valence-electron chi connectivity index (χ4n) is 2.74. The number of rotatable bonds is 14. The van der Waals surface area contributed by atoms with Gasteiger partial charge < -0.3 is 19.5 Å². The molecule has 0 aromatic heterocycles. The first-order valence-electron chi connectivity index (χ1n) is 10.1. The van der Waals surface area contributed by atoms with Crippen molar-refractivity contribution in [3.05, 3.63) is 24.3 Å². The Morgan fingerprint density at radius 3 is 1.90 bits per heavy atom. The van der Waals surface area contributed by atoms with Gasteiger partial charge in [-0.25, -0.2) is 0 Å². The molecule has 1 aromatic rings. The summed E-state index contributed by atoms with van der Waals surface area (Å²) in [4.78, 5) is 60.5. The molecule has 0 saturated carbocycles. The number of hydrogen-bond donors (Lipinski definition) is 1. The quantitative estimate of drug-likeness (QED) is 0.349. The molecule has 1 aromatic carbocycles. The van der Waals surface area contributed by atoms with Crippen molar-refractivity contribution in [3.63, 3.8) is 0 Å². The molecule has 0 bridgehead atoms. The molecule has 1 rings (SSSR count). The Hall–Kier alpha value is -3.23. The van der Waals surface area contributed by atoms with Crippen LogP contribution in [0, 0.1) is 5.92 Å². The van der Waals surface area contributed by atoms with Crippen molar-refractivity contribution >= 4 is 35.1 Å². The summed E-state index contributed by atoms with van der Waals surface area (Å²) in [6.07, 6.45) is -1.22. The van der Waals surface area contributed by atoms with Crippen LogP contribution in [0.25, 0.3) is 0 Å². The van der Waals surface area contributed by atoms with Crippen molar-refractivity contribution in [3.8, 4) is 5.75 Å². The van der Waals surface area contributed by atoms with E-state index in [0.29, 0.717) is 11.4 Å². The van der Waals surface area contributed by atoms with Crippen molar-refractivity contribution in [1.82, 2.24) is 0 Å². The van der Waals surface area contributed by atoms with Gasteiger partial charge >= 0.3 is 11.9 Å². The molecule has 31 heavy (non-hydrogen) atoms. The molecule has 1 atom stereocenters. The predicted octanol–water partition coefficient (Wildman–Crippen LogP) is 2.46. The number of carbonyl (C=O) groups excluding carboxylic acids is 5. The van der Waals surface area contributed by atoms with E-state index >= 15 is 0 Å². The van der Waals surface area contributed by atoms with E-state index in [4.69, 9.17) is 14.2 Å². The van der Waals surface area contributed by atoms with E-state index in [1.165, 1.54) is 7.11 Å². The lowest BCUT2D eigenvalue weighted by Crippen LogP contribution is -2.29. The van der Waals surface area contributed by atoms with Crippen molar-refractivity contribution in [2.75, 3.05) is 25.6 Å². The number of ketones is 2. The average Bonchev–Trinajstić information content (AvgIpc) is 2.75. The van der Waals surface area contributed by atoms with Gasteiger partial charge in [-0.15, -0.1) is 0 Å². The van der Waals surface area contributed by atoms with Gasteiger partial charge in [-0.3, -0.25) is 24.0 Å². The molecule has 0 aliphatic rings. The number of hydrogen-bond acceptors (Lipinski definition) is 8. The number of benzene rings is 1. The molecule has 0 heterocycles. The lowest BCUT2D eigenvalue weighted by molar-refractivity contribution is -0.149. The Labute approximate surface area is 181 Å². The normalized spacial score (nSPS) is 11.2. The smallest absolute Gasteiger partial charge is 0.306 e. The zero-order valence-corrected chi connectivity index (χ0v) is 18.1. The van der Waals surface area contributed by atoms with E-state index in [0.717, 1.165) is 0 Å². The van der Waals surface area contributed by atoms with Gasteiger partial charge in [0.15, 0.2) is 0 Å². The lowest BCUT2D eigenvalue weighted by Gasteiger charge is -2.14. The Balaban J connectivity index is 2.67. The molecule has 0 aliphatic heterocycles. The van der Waals surface area contributed by atoms with Crippen LogP contribution in [0.15, 0.2) is 24.3 Å². The lowest BCUT2D eigenvalue weighted by atomic mass is 9.90. The number of amides is 1. The molecule has 9 heteroatoms. The molecule has 1 N–H and O–H groups in total. The first-order chi connectivity index (χ1) is 14.8. The van der Waals surface area contributed by atoms with Crippen LogP contribution in [0.5, 0.6) is 5.75 Å². The maximum atomic E-state index is 12.6. The summed E-state index contributed by atoms with van der Waals surface area (Å²) >= 11 is 0. The van der Waals surface area contributed by atoms with Gasteiger partial charge in [-0.1, -0.05) is 0 Å². The van der Waals surface area contributed by atoms with Crippen molar-refractivity contribution < 1.29 is 38.2 Å². The fraction of sp³-hybridized carbons (Fsp3) is 0.500. The summed E-state index contributed by atoms with van der Waals surface area (Å²) < 4.78 is 14.7. The van der Waals surface area contributed by atoms with E-state index in [1.54, 1.807) is 38.1 Å². The number of anilines is 1. The van der Waals surface area contributed by atoms with Crippen molar-refractivity contribution in [2.45, 2.75) is 46.0 Å². The highest BCUT2D eigenvalue weighted by Gasteiger charge is 2.30. The van der Waals surface area contributed by atoms with E-state index in [1.807, 2.05) is 0 Å². The SMILES string of the molecule is CCOC(=O)CCC(=O)[C@H](CC(=O)OCC)C(=O)CCC(=O)Nc1ccc(OC)cc1. The van der Waals surface area contributed by atoms with Crippen molar-refractivity contribution in [2.24, 2.45) is 5.92 Å². The molecule has 9 nitrogen and oxygen atoms in total. The molecule has 170 valence electrons. The van der Waals surface area contributed by atoms with E-state index in [9.17, 15) is 24.0 Å². The summed E-state index contributed by atoms with van der Waals surface area (Å²) in [6.45, 7) is 3.55. The van der Waals surface area contributed by atoms with Crippen LogP contribution in [-0.2, 0) is 33.4 Å². The Morgan fingerprint density at radius 2 is 1.35 bits per heavy atom. The number of Topliss-reactive ketones (excluding diaryl/α,β-unsaturated/α-hetero) is 2. The summed E-state index contributed by atoms with van der Waals surface area (Å²) in [6, 6.07) is 6.67. The molecule has 0 radical (unpaired) electrons. The maximum Gasteiger partial charge on any atom is 0.306 e. The van der Waals surface area contributed by atoms with Crippen molar-refractivity contribution in [1.29, 1.82) is 0 Å². The Morgan fingerprint density at radius 1 is 0.806 bits per heavy atom. The first-order valence-corrected chi connectivity index (χ1v) is 10.1. The third-order valence-electron chi connectivity index (χ3n) is 4.31. The third-order valence-corrected chi connectivity index (χ3v) is 4.31. The van der Waals surface area contributed by atoms with Gasteiger partial charge in [-0.2, -0.15) is 0 Å². The molecular formula is C22H29NO8. The molecule has 0 unspecified atom stereocenters. The van der Waals surface area contributed by atoms with Crippen LogP contribution in [0.4, 0.5) is 5.69 Å². The van der Waals surface area contributed by atoms with Gasteiger partial charge in [0.1, 0.15) is 17.3 Å². The highest BCUT2D eigenvalue weighted by molar-refractivity contribution is 6.06. The molecule has 0 fully saturated rings. The maximum absolute atomic E-state index is 12.6. The third kappa shape index (κ3) is 9.88. The van der Waals surface area contributed by atoms with Gasteiger partial charge in [0.2, 0.25) is 5.91 Å². The zero-order chi connectivity index (χ0) is 23.2. The largest absolute Gasteiger partial charge is 0.497 e. The van der Waals surface area contributed by atoms with Gasteiger partial charge in [-0.05, 0) is 38.1 Å². The van der Waals surface area contributed by atoms with Gasteiger partial charge in [0, 0.05) is 24.9 Å². The van der Waals surface area contributed by atoms with Crippen LogP contribution in [0.1, 0.15) is 46.0 Å². The molecule has 1 amide bonds. The summed E-state index contributed by atoms with van der Waals surface area (Å²) in [5.74, 6) is -3.38. The standard InChI is InChI=1S/C22H29NO8/c1-4-30-21(27)13-11-19(25)17(14-22(28)31-5-2)18(24)10-12-20(26)23-15-6-8-16(29-3)9-7-15/h6-9,17H,4-5,10-14H2,1-3H3,(H,23,26)/t17-/m1/s1. The Kier molecular flexibility index (Phi) is 11.6. The van der Waals surface area contributed by atoms with Gasteiger partial charge in [0.05, 0.1) is 39.1 Å². The van der Waals surface area contributed by atoms with Crippen LogP contribution in [-0.4, -0.2) is 49.7 Å². The minimum atomic E-state index is -1.26. The number of carbonyl (C=O) groups is 5. The van der Waals surface area contributed by atoms with Crippen LogP contribution in [0.2, 0.25) is 0 Å². The van der Waals surface area contributed by atoms with E-state index in [2.05, 4.69) is 5.32 Å². The highest BCUT2D eigenvalue weighted by Crippen LogP contribution is 2.17.